The molecule has 3 rings (SSSR count). The lowest BCUT2D eigenvalue weighted by Crippen LogP contribution is -2.40. The van der Waals surface area contributed by atoms with Gasteiger partial charge in [-0.25, -0.2) is 5.06 Å². The van der Waals surface area contributed by atoms with E-state index in [1.165, 1.54) is 5.56 Å². The molecule has 1 amide bonds. The summed E-state index contributed by atoms with van der Waals surface area (Å²) in [6.45, 7) is 5.89. The number of carbonyl (C=O) groups is 1. The molecule has 2 aromatic rings. The van der Waals surface area contributed by atoms with Crippen LogP contribution in [0.15, 0.2) is 48.5 Å². The van der Waals surface area contributed by atoms with E-state index >= 15 is 0 Å². The molecule has 0 aliphatic carbocycles. The number of aryl methyl sites for hydroxylation is 2. The molecule has 27 heavy (non-hydrogen) atoms. The Bertz CT molecular complexity index is 778. The number of benzene rings is 2. The summed E-state index contributed by atoms with van der Waals surface area (Å²) in [5.41, 5.74) is 4.10. The monoisotopic (exact) mass is 368 g/mol. The third kappa shape index (κ3) is 4.95. The molecule has 0 aromatic heterocycles. The maximum absolute atomic E-state index is 12.8. The molecule has 1 saturated heterocycles. The Labute approximate surface area is 160 Å². The average molecular weight is 368 g/mol. The van der Waals surface area contributed by atoms with Crippen LogP contribution in [0.5, 0.6) is 0 Å². The first-order chi connectivity index (χ1) is 12.9. The molecule has 0 bridgehead atoms. The number of hydrogen-bond donors (Lipinski definition) is 2. The number of carbonyl (C=O) groups excluding carboxylic acids is 1. The third-order valence-electron chi connectivity index (χ3n) is 5.34. The Kier molecular flexibility index (Phi) is 6.26. The van der Waals surface area contributed by atoms with E-state index in [-0.39, 0.29) is 18.4 Å². The maximum atomic E-state index is 12.8. The molecule has 2 atom stereocenters. The van der Waals surface area contributed by atoms with Crippen LogP contribution < -0.4 is 0 Å². The molecule has 1 aliphatic rings. The van der Waals surface area contributed by atoms with Gasteiger partial charge in [-0.3, -0.25) is 14.9 Å². The van der Waals surface area contributed by atoms with Crippen LogP contribution in [0.1, 0.15) is 34.7 Å². The Morgan fingerprint density at radius 1 is 1.19 bits per heavy atom. The summed E-state index contributed by atoms with van der Waals surface area (Å²) in [6.07, 6.45) is 0.549. The summed E-state index contributed by atoms with van der Waals surface area (Å²) in [7, 11) is 0. The van der Waals surface area contributed by atoms with Crippen LogP contribution >= 0.6 is 0 Å². The number of nitrogens with zero attached hydrogens (tertiary/aromatic N) is 2. The summed E-state index contributed by atoms with van der Waals surface area (Å²) in [4.78, 5) is 14.9. The van der Waals surface area contributed by atoms with Gasteiger partial charge in [0.2, 0.25) is 0 Å². The van der Waals surface area contributed by atoms with Crippen LogP contribution in [0.3, 0.4) is 0 Å². The summed E-state index contributed by atoms with van der Waals surface area (Å²) in [5, 5.41) is 21.4. The predicted molar refractivity (Wildman–Crippen MR) is 104 cm³/mol. The van der Waals surface area contributed by atoms with Crippen molar-refractivity contribution >= 4 is 5.91 Å². The SMILES string of the molecule is Cc1ccc(CC(=O)N(O)[C@H](CN2CC[C@H](O)C2)c2ccccc2)cc1C. The summed E-state index contributed by atoms with van der Waals surface area (Å²) < 4.78 is 0. The normalized spacial score (nSPS) is 18.4. The molecule has 144 valence electrons. The first-order valence-electron chi connectivity index (χ1n) is 9.46. The standard InChI is InChI=1S/C22H28N2O3/c1-16-8-9-18(12-17(16)2)13-22(26)24(27)21(19-6-4-3-5-7-19)15-23-11-10-20(25)14-23/h3-9,12,20-21,25,27H,10-11,13-15H2,1-2H3/t20-,21+/m0/s1. The van der Waals surface area contributed by atoms with Crippen molar-refractivity contribution in [2.45, 2.75) is 38.8 Å². The molecule has 2 N–H and O–H groups in total. The van der Waals surface area contributed by atoms with Crippen molar-refractivity contribution in [1.82, 2.24) is 9.96 Å². The molecule has 0 spiro atoms. The van der Waals surface area contributed by atoms with Gasteiger partial charge in [0.05, 0.1) is 18.6 Å². The van der Waals surface area contributed by atoms with Gasteiger partial charge >= 0.3 is 0 Å². The lowest BCUT2D eigenvalue weighted by Gasteiger charge is -2.30. The van der Waals surface area contributed by atoms with Crippen LogP contribution in [-0.4, -0.2) is 51.9 Å². The second-order valence-electron chi connectivity index (χ2n) is 7.46. The molecule has 1 heterocycles. The van der Waals surface area contributed by atoms with Crippen LogP contribution in [0.25, 0.3) is 0 Å². The van der Waals surface area contributed by atoms with E-state index in [1.807, 2.05) is 62.4 Å². The predicted octanol–water partition coefficient (Wildman–Crippen LogP) is 2.87. The highest BCUT2D eigenvalue weighted by molar-refractivity contribution is 5.78. The van der Waals surface area contributed by atoms with Gasteiger partial charge in [-0.2, -0.15) is 0 Å². The first kappa shape index (κ1) is 19.5. The minimum atomic E-state index is -0.462. The van der Waals surface area contributed by atoms with E-state index in [0.717, 1.165) is 34.7 Å². The molecule has 5 nitrogen and oxygen atoms in total. The van der Waals surface area contributed by atoms with Crippen LogP contribution in [0.4, 0.5) is 0 Å². The average Bonchev–Trinajstić information content (AvgIpc) is 3.08. The van der Waals surface area contributed by atoms with Gasteiger partial charge in [0.1, 0.15) is 0 Å². The number of rotatable bonds is 6. The highest BCUT2D eigenvalue weighted by Crippen LogP contribution is 2.24. The fourth-order valence-electron chi connectivity index (χ4n) is 3.56. The van der Waals surface area contributed by atoms with Crippen molar-refractivity contribution in [3.8, 4) is 0 Å². The molecule has 0 saturated carbocycles. The molecular weight excluding hydrogens is 340 g/mol. The smallest absolute Gasteiger partial charge is 0.250 e. The molecule has 0 unspecified atom stereocenters. The van der Waals surface area contributed by atoms with Crippen LogP contribution in [0.2, 0.25) is 0 Å². The second kappa shape index (κ2) is 8.65. The molecule has 1 aliphatic heterocycles. The van der Waals surface area contributed by atoms with Gasteiger partial charge < -0.3 is 5.11 Å². The Morgan fingerprint density at radius 2 is 1.93 bits per heavy atom. The number of aliphatic hydroxyl groups is 1. The van der Waals surface area contributed by atoms with Crippen molar-refractivity contribution < 1.29 is 15.1 Å². The second-order valence-corrected chi connectivity index (χ2v) is 7.46. The van der Waals surface area contributed by atoms with E-state index < -0.39 is 6.04 Å². The van der Waals surface area contributed by atoms with E-state index in [0.29, 0.717) is 13.1 Å². The number of hydrogen-bond acceptors (Lipinski definition) is 4. The summed E-state index contributed by atoms with van der Waals surface area (Å²) in [5.74, 6) is -0.327. The van der Waals surface area contributed by atoms with Crippen molar-refractivity contribution in [3.63, 3.8) is 0 Å². The Balaban J connectivity index is 1.75. The highest BCUT2D eigenvalue weighted by atomic mass is 16.5. The van der Waals surface area contributed by atoms with E-state index in [9.17, 15) is 15.1 Å². The van der Waals surface area contributed by atoms with Gasteiger partial charge in [0.25, 0.3) is 5.91 Å². The van der Waals surface area contributed by atoms with Gasteiger partial charge in [-0.1, -0.05) is 48.5 Å². The van der Waals surface area contributed by atoms with E-state index in [1.54, 1.807) is 0 Å². The maximum Gasteiger partial charge on any atom is 0.250 e. The minimum absolute atomic E-state index is 0.156. The highest BCUT2D eigenvalue weighted by Gasteiger charge is 2.29. The lowest BCUT2D eigenvalue weighted by molar-refractivity contribution is -0.177. The fraction of sp³-hybridized carbons (Fsp3) is 0.409. The number of aliphatic hydroxyl groups excluding tert-OH is 1. The topological polar surface area (TPSA) is 64.0 Å². The van der Waals surface area contributed by atoms with E-state index in [2.05, 4.69) is 4.90 Å². The molecule has 1 fully saturated rings. The van der Waals surface area contributed by atoms with Crippen molar-refractivity contribution in [3.05, 3.63) is 70.8 Å². The van der Waals surface area contributed by atoms with Crippen LogP contribution in [-0.2, 0) is 11.2 Å². The molecule has 0 radical (unpaired) electrons. The van der Waals surface area contributed by atoms with Crippen molar-refractivity contribution in [2.24, 2.45) is 0 Å². The quantitative estimate of drug-likeness (QED) is 0.608. The van der Waals surface area contributed by atoms with Crippen molar-refractivity contribution in [1.29, 1.82) is 0 Å². The molecular formula is C22H28N2O3. The van der Waals surface area contributed by atoms with Gasteiger partial charge in [-0.15, -0.1) is 0 Å². The number of β-amino-alcohol motifs (C(OH)–C–C–N with tert-alkyl or cyclic N) is 1. The number of likely N-dealkylation sites (tertiary alicyclic amines) is 1. The van der Waals surface area contributed by atoms with Crippen LogP contribution in [0, 0.1) is 13.8 Å². The third-order valence-corrected chi connectivity index (χ3v) is 5.34. The van der Waals surface area contributed by atoms with Gasteiger partial charge in [0.15, 0.2) is 0 Å². The molecule has 2 aromatic carbocycles. The number of hydroxylamine groups is 2. The molecule has 5 heteroatoms. The minimum Gasteiger partial charge on any atom is -0.392 e. The Hall–Kier alpha value is -2.21. The largest absolute Gasteiger partial charge is 0.392 e. The van der Waals surface area contributed by atoms with Gasteiger partial charge in [-0.05, 0) is 42.5 Å². The zero-order valence-corrected chi connectivity index (χ0v) is 16.0. The van der Waals surface area contributed by atoms with E-state index in [4.69, 9.17) is 0 Å². The zero-order valence-electron chi connectivity index (χ0n) is 16.0. The summed E-state index contributed by atoms with van der Waals surface area (Å²) >= 11 is 0. The summed E-state index contributed by atoms with van der Waals surface area (Å²) in [6, 6.07) is 15.0. The number of amides is 1. The van der Waals surface area contributed by atoms with Gasteiger partial charge in [0, 0.05) is 19.6 Å². The first-order valence-corrected chi connectivity index (χ1v) is 9.46. The Morgan fingerprint density at radius 3 is 2.56 bits per heavy atom. The zero-order chi connectivity index (χ0) is 19.4. The lowest BCUT2D eigenvalue weighted by atomic mass is 10.0. The fourth-order valence-corrected chi connectivity index (χ4v) is 3.56. The van der Waals surface area contributed by atoms with Crippen molar-refractivity contribution in [2.75, 3.05) is 19.6 Å².